The summed E-state index contributed by atoms with van der Waals surface area (Å²) in [6, 6.07) is 12.5. The van der Waals surface area contributed by atoms with Crippen molar-refractivity contribution < 1.29 is 14.3 Å². The molecule has 0 saturated heterocycles. The molecule has 4 heteroatoms. The number of rotatable bonds is 5. The number of hydrogen-bond donors (Lipinski definition) is 1. The SMILES string of the molecule is COC(=O)[C@H](CC=C(C)C)NC(=O)c1cccc2ccccc12. The third-order valence-corrected chi connectivity index (χ3v) is 3.59. The number of allylic oxidation sites excluding steroid dienone is 1. The van der Waals surface area contributed by atoms with Crippen LogP contribution in [0.2, 0.25) is 0 Å². The minimum absolute atomic E-state index is 0.278. The monoisotopic (exact) mass is 311 g/mol. The van der Waals surface area contributed by atoms with Crippen molar-refractivity contribution in [3.05, 3.63) is 59.7 Å². The quantitative estimate of drug-likeness (QED) is 0.679. The third-order valence-electron chi connectivity index (χ3n) is 3.59. The second-order valence-corrected chi connectivity index (χ2v) is 5.59. The van der Waals surface area contributed by atoms with Crippen LogP contribution in [0.25, 0.3) is 10.8 Å². The van der Waals surface area contributed by atoms with Crippen molar-refractivity contribution in [2.75, 3.05) is 7.11 Å². The summed E-state index contributed by atoms with van der Waals surface area (Å²) in [4.78, 5) is 24.5. The molecule has 4 nitrogen and oxygen atoms in total. The Hall–Kier alpha value is -2.62. The molecule has 1 atom stereocenters. The molecule has 0 saturated carbocycles. The van der Waals surface area contributed by atoms with Gasteiger partial charge < -0.3 is 10.1 Å². The second kappa shape index (κ2) is 7.58. The van der Waals surface area contributed by atoms with E-state index in [1.54, 1.807) is 6.07 Å². The fourth-order valence-electron chi connectivity index (χ4n) is 2.37. The summed E-state index contributed by atoms with van der Waals surface area (Å²) < 4.78 is 4.79. The number of nitrogens with one attached hydrogen (secondary N) is 1. The maximum Gasteiger partial charge on any atom is 0.328 e. The Morgan fingerprint density at radius 1 is 1.13 bits per heavy atom. The molecule has 0 bridgehead atoms. The Labute approximate surface area is 136 Å². The van der Waals surface area contributed by atoms with E-state index in [-0.39, 0.29) is 5.91 Å². The number of benzene rings is 2. The van der Waals surface area contributed by atoms with Crippen molar-refractivity contribution in [3.8, 4) is 0 Å². The first-order valence-electron chi connectivity index (χ1n) is 7.52. The number of carbonyl (C=O) groups excluding carboxylic acids is 2. The van der Waals surface area contributed by atoms with Gasteiger partial charge in [0.1, 0.15) is 6.04 Å². The van der Waals surface area contributed by atoms with Crippen molar-refractivity contribution in [2.45, 2.75) is 26.3 Å². The van der Waals surface area contributed by atoms with E-state index < -0.39 is 12.0 Å². The summed E-state index contributed by atoms with van der Waals surface area (Å²) in [6.07, 6.45) is 2.32. The average molecular weight is 311 g/mol. The van der Waals surface area contributed by atoms with E-state index in [0.29, 0.717) is 12.0 Å². The molecule has 2 rings (SSSR count). The van der Waals surface area contributed by atoms with Crippen LogP contribution >= 0.6 is 0 Å². The molecule has 0 aliphatic carbocycles. The van der Waals surface area contributed by atoms with Gasteiger partial charge in [-0.3, -0.25) is 4.79 Å². The van der Waals surface area contributed by atoms with Gasteiger partial charge in [-0.25, -0.2) is 4.79 Å². The predicted molar refractivity (Wildman–Crippen MR) is 91.3 cm³/mol. The fourth-order valence-corrected chi connectivity index (χ4v) is 2.37. The van der Waals surface area contributed by atoms with E-state index in [0.717, 1.165) is 16.3 Å². The van der Waals surface area contributed by atoms with Crippen molar-refractivity contribution in [1.82, 2.24) is 5.32 Å². The standard InChI is InChI=1S/C19H21NO3/c1-13(2)11-12-17(19(22)23-3)20-18(21)16-10-6-8-14-7-4-5-9-15(14)16/h4-11,17H,12H2,1-3H3,(H,20,21)/t17-/m0/s1. The van der Waals surface area contributed by atoms with Crippen LogP contribution in [0.5, 0.6) is 0 Å². The van der Waals surface area contributed by atoms with Crippen molar-refractivity contribution in [1.29, 1.82) is 0 Å². The molecule has 1 N–H and O–H groups in total. The molecular formula is C19H21NO3. The van der Waals surface area contributed by atoms with Crippen LogP contribution < -0.4 is 5.32 Å². The lowest BCUT2D eigenvalue weighted by Gasteiger charge is -2.16. The van der Waals surface area contributed by atoms with Crippen LogP contribution in [0.4, 0.5) is 0 Å². The first-order chi connectivity index (χ1) is 11.0. The van der Waals surface area contributed by atoms with E-state index in [1.165, 1.54) is 7.11 Å². The Kier molecular flexibility index (Phi) is 5.52. The van der Waals surface area contributed by atoms with Crippen LogP contribution in [0.3, 0.4) is 0 Å². The lowest BCUT2D eigenvalue weighted by atomic mass is 10.0. The zero-order chi connectivity index (χ0) is 16.8. The van der Waals surface area contributed by atoms with Crippen LogP contribution in [-0.4, -0.2) is 25.0 Å². The van der Waals surface area contributed by atoms with E-state index in [9.17, 15) is 9.59 Å². The van der Waals surface area contributed by atoms with Crippen LogP contribution in [-0.2, 0) is 9.53 Å². The van der Waals surface area contributed by atoms with Gasteiger partial charge in [0.15, 0.2) is 0 Å². The maximum absolute atomic E-state index is 12.6. The Morgan fingerprint density at radius 2 is 1.83 bits per heavy atom. The van der Waals surface area contributed by atoms with Crippen LogP contribution in [0.1, 0.15) is 30.6 Å². The van der Waals surface area contributed by atoms with Crippen LogP contribution in [0.15, 0.2) is 54.1 Å². The number of amides is 1. The Morgan fingerprint density at radius 3 is 2.52 bits per heavy atom. The lowest BCUT2D eigenvalue weighted by molar-refractivity contribution is -0.142. The molecule has 0 fully saturated rings. The minimum Gasteiger partial charge on any atom is -0.467 e. The van der Waals surface area contributed by atoms with Gasteiger partial charge in [-0.15, -0.1) is 0 Å². The van der Waals surface area contributed by atoms with Gasteiger partial charge in [-0.05, 0) is 37.1 Å². The Bertz CT molecular complexity index is 740. The van der Waals surface area contributed by atoms with Gasteiger partial charge in [0.05, 0.1) is 7.11 Å². The molecule has 0 spiro atoms. The smallest absolute Gasteiger partial charge is 0.328 e. The van der Waals surface area contributed by atoms with Crippen molar-refractivity contribution in [2.24, 2.45) is 0 Å². The molecule has 0 unspecified atom stereocenters. The highest BCUT2D eigenvalue weighted by Crippen LogP contribution is 2.18. The van der Waals surface area contributed by atoms with E-state index >= 15 is 0 Å². The normalized spacial score (nSPS) is 11.6. The minimum atomic E-state index is -0.693. The second-order valence-electron chi connectivity index (χ2n) is 5.59. The highest BCUT2D eigenvalue weighted by Gasteiger charge is 2.21. The third kappa shape index (κ3) is 4.19. The van der Waals surface area contributed by atoms with Crippen molar-refractivity contribution >= 4 is 22.6 Å². The highest BCUT2D eigenvalue weighted by atomic mass is 16.5. The zero-order valence-electron chi connectivity index (χ0n) is 13.6. The summed E-state index contributed by atoms with van der Waals surface area (Å²) in [6.45, 7) is 3.89. The number of esters is 1. The van der Waals surface area contributed by atoms with Gasteiger partial charge in [0, 0.05) is 5.56 Å². The fraction of sp³-hybridized carbons (Fsp3) is 0.263. The van der Waals surface area contributed by atoms with Gasteiger partial charge in [0.25, 0.3) is 5.91 Å². The summed E-state index contributed by atoms with van der Waals surface area (Å²) in [7, 11) is 1.32. The maximum atomic E-state index is 12.6. The number of methoxy groups -OCH3 is 1. The van der Waals surface area contributed by atoms with E-state index in [1.807, 2.05) is 56.3 Å². The largest absolute Gasteiger partial charge is 0.467 e. The molecule has 2 aromatic carbocycles. The Balaban J connectivity index is 2.26. The van der Waals surface area contributed by atoms with E-state index in [4.69, 9.17) is 4.74 Å². The predicted octanol–water partition coefficient (Wildman–Crippen LogP) is 3.47. The molecule has 23 heavy (non-hydrogen) atoms. The number of carbonyl (C=O) groups is 2. The molecule has 2 aromatic rings. The zero-order valence-corrected chi connectivity index (χ0v) is 13.6. The molecule has 0 radical (unpaired) electrons. The highest BCUT2D eigenvalue weighted by molar-refractivity contribution is 6.07. The van der Waals surface area contributed by atoms with Gasteiger partial charge in [0.2, 0.25) is 0 Å². The number of fused-ring (bicyclic) bond motifs is 1. The molecule has 1 amide bonds. The van der Waals surface area contributed by atoms with Gasteiger partial charge in [-0.1, -0.05) is 48.0 Å². The molecule has 0 heterocycles. The molecule has 0 aliphatic heterocycles. The lowest BCUT2D eigenvalue weighted by Crippen LogP contribution is -2.41. The average Bonchev–Trinajstić information content (AvgIpc) is 2.56. The van der Waals surface area contributed by atoms with Crippen molar-refractivity contribution in [3.63, 3.8) is 0 Å². The molecule has 0 aliphatic rings. The first kappa shape index (κ1) is 16.7. The van der Waals surface area contributed by atoms with Gasteiger partial charge >= 0.3 is 5.97 Å². The first-order valence-corrected chi connectivity index (χ1v) is 7.52. The topological polar surface area (TPSA) is 55.4 Å². The van der Waals surface area contributed by atoms with Crippen LogP contribution in [0, 0.1) is 0 Å². The molecule has 0 aromatic heterocycles. The summed E-state index contributed by atoms with van der Waals surface area (Å²) in [5.74, 6) is -0.726. The number of hydrogen-bond acceptors (Lipinski definition) is 3. The van der Waals surface area contributed by atoms with E-state index in [2.05, 4.69) is 5.32 Å². The summed E-state index contributed by atoms with van der Waals surface area (Å²) >= 11 is 0. The molecular weight excluding hydrogens is 290 g/mol. The summed E-state index contributed by atoms with van der Waals surface area (Å²) in [5, 5.41) is 4.62. The summed E-state index contributed by atoms with van der Waals surface area (Å²) in [5.41, 5.74) is 1.63. The van der Waals surface area contributed by atoms with Gasteiger partial charge in [-0.2, -0.15) is 0 Å². The number of ether oxygens (including phenoxy) is 1. The molecule has 120 valence electrons.